The summed E-state index contributed by atoms with van der Waals surface area (Å²) < 4.78 is 61.0. The van der Waals surface area contributed by atoms with Gasteiger partial charge in [0.25, 0.3) is 5.56 Å². The number of sulfonamides is 1. The number of amides is 1. The molecule has 0 bridgehead atoms. The van der Waals surface area contributed by atoms with Crippen LogP contribution in [0.1, 0.15) is 48.6 Å². The van der Waals surface area contributed by atoms with Crippen LogP contribution in [0.25, 0.3) is 49.7 Å². The Kier molecular flexibility index (Phi) is 10.4. The molecular formula is C42H37ClF2N10O4S. The molecule has 0 aliphatic carbocycles. The summed E-state index contributed by atoms with van der Waals surface area (Å²) in [5.41, 5.74) is 3.57. The molecule has 0 saturated heterocycles. The summed E-state index contributed by atoms with van der Waals surface area (Å²) in [6, 6.07) is 17.4. The highest BCUT2D eigenvalue weighted by Gasteiger charge is 2.28. The Morgan fingerprint density at radius 3 is 2.38 bits per heavy atom. The lowest BCUT2D eigenvalue weighted by Crippen LogP contribution is -2.37. The quantitative estimate of drug-likeness (QED) is 0.140. The molecule has 0 radical (unpaired) electrons. The summed E-state index contributed by atoms with van der Waals surface area (Å²) in [7, 11) is -2.27. The summed E-state index contributed by atoms with van der Waals surface area (Å²) >= 11 is 6.70. The number of hydrogen-bond acceptors (Lipinski definition) is 9. The third-order valence-electron chi connectivity index (χ3n) is 10.0. The molecule has 0 unspecified atom stereocenters. The van der Waals surface area contributed by atoms with Gasteiger partial charge in [0.1, 0.15) is 24.0 Å². The van der Waals surface area contributed by atoms with Crippen LogP contribution in [0.2, 0.25) is 5.02 Å². The fraction of sp³-hybridized carbons (Fsp3) is 0.214. The van der Waals surface area contributed by atoms with Crippen LogP contribution in [0.15, 0.2) is 90.0 Å². The van der Waals surface area contributed by atoms with Gasteiger partial charge in [0.15, 0.2) is 5.82 Å². The Morgan fingerprint density at radius 1 is 0.933 bits per heavy atom. The highest BCUT2D eigenvalue weighted by Crippen LogP contribution is 2.36. The number of fused-ring (bicyclic) bond motifs is 3. The Hall–Kier alpha value is -6.59. The van der Waals surface area contributed by atoms with Crippen molar-refractivity contribution >= 4 is 66.1 Å². The number of carbonyl (C=O) groups excluding carboxylic acids is 1. The highest BCUT2D eigenvalue weighted by molar-refractivity contribution is 7.92. The second-order valence-electron chi connectivity index (χ2n) is 14.8. The zero-order valence-corrected chi connectivity index (χ0v) is 34.5. The Balaban J connectivity index is 1.37. The van der Waals surface area contributed by atoms with Crippen molar-refractivity contribution < 1.29 is 22.0 Å². The molecule has 4 heterocycles. The van der Waals surface area contributed by atoms with E-state index in [0.717, 1.165) is 41.1 Å². The molecule has 1 atom stereocenters. The van der Waals surface area contributed by atoms with E-state index in [2.05, 4.69) is 25.1 Å². The van der Waals surface area contributed by atoms with Gasteiger partial charge in [0.2, 0.25) is 15.9 Å². The molecule has 0 fully saturated rings. The average molecular weight is 851 g/mol. The number of para-hydroxylation sites is 1. The lowest BCUT2D eigenvalue weighted by atomic mass is 10.0. The van der Waals surface area contributed by atoms with Gasteiger partial charge in [-0.2, -0.15) is 10.2 Å². The van der Waals surface area contributed by atoms with E-state index in [9.17, 15) is 22.0 Å². The average Bonchev–Trinajstić information content (AvgIpc) is 3.71. The first kappa shape index (κ1) is 40.2. The number of aryl methyl sites for hydroxylation is 2. The van der Waals surface area contributed by atoms with Crippen molar-refractivity contribution in [3.63, 3.8) is 0 Å². The van der Waals surface area contributed by atoms with Crippen LogP contribution < -0.4 is 15.6 Å². The Morgan fingerprint density at radius 2 is 1.67 bits per heavy atom. The van der Waals surface area contributed by atoms with Crippen molar-refractivity contribution in [2.45, 2.75) is 45.7 Å². The predicted molar refractivity (Wildman–Crippen MR) is 226 cm³/mol. The van der Waals surface area contributed by atoms with Crippen molar-refractivity contribution in [1.29, 1.82) is 0 Å². The molecule has 0 spiro atoms. The molecule has 18 heteroatoms. The van der Waals surface area contributed by atoms with E-state index in [-0.39, 0.29) is 68.6 Å². The fourth-order valence-electron chi connectivity index (χ4n) is 7.54. The van der Waals surface area contributed by atoms with Gasteiger partial charge in [0, 0.05) is 42.9 Å². The third-order valence-corrected chi connectivity index (χ3v) is 10.9. The summed E-state index contributed by atoms with van der Waals surface area (Å²) in [6.07, 6.45) is 3.86. The molecule has 8 rings (SSSR count). The van der Waals surface area contributed by atoms with Crippen molar-refractivity contribution in [3.8, 4) is 16.9 Å². The monoisotopic (exact) mass is 850 g/mol. The van der Waals surface area contributed by atoms with Gasteiger partial charge in [0.05, 0.1) is 67.4 Å². The zero-order chi connectivity index (χ0) is 42.6. The largest absolute Gasteiger partial charge is 0.344 e. The molecule has 1 amide bonds. The Bertz CT molecular complexity index is 3180. The summed E-state index contributed by atoms with van der Waals surface area (Å²) in [4.78, 5) is 43.3. The number of rotatable bonds is 11. The number of carbonyl (C=O) groups is 1. The van der Waals surface area contributed by atoms with Crippen LogP contribution in [0.3, 0.4) is 0 Å². The molecule has 60 heavy (non-hydrogen) atoms. The minimum Gasteiger partial charge on any atom is -0.344 e. The van der Waals surface area contributed by atoms with Crippen LogP contribution in [0.4, 0.5) is 14.6 Å². The van der Waals surface area contributed by atoms with E-state index in [1.807, 2.05) is 38.1 Å². The van der Waals surface area contributed by atoms with Crippen LogP contribution >= 0.6 is 11.6 Å². The first-order valence-corrected chi connectivity index (χ1v) is 21.0. The number of anilines is 1. The van der Waals surface area contributed by atoms with Gasteiger partial charge < -0.3 is 5.32 Å². The minimum absolute atomic E-state index is 0.0193. The van der Waals surface area contributed by atoms with Crippen LogP contribution in [-0.4, -0.2) is 59.7 Å². The molecule has 4 aromatic heterocycles. The van der Waals surface area contributed by atoms with Crippen LogP contribution in [0.5, 0.6) is 0 Å². The number of nitrogens with zero attached hydrogens (tertiary/aromatic N) is 8. The summed E-state index contributed by atoms with van der Waals surface area (Å²) in [5, 5.41) is 13.6. The molecular weight excluding hydrogens is 814 g/mol. The van der Waals surface area contributed by atoms with Crippen LogP contribution in [-0.2, 0) is 34.8 Å². The van der Waals surface area contributed by atoms with Crippen molar-refractivity contribution in [2.75, 3.05) is 11.0 Å². The molecule has 306 valence electrons. The van der Waals surface area contributed by atoms with E-state index < -0.39 is 39.2 Å². The summed E-state index contributed by atoms with van der Waals surface area (Å²) in [6.45, 7) is 5.56. The standard InChI is InChI=1S/C42H37ClF2N10O4S/c1-22(2)37-29-8-6-7-9-33(29)54(50-37)21-35(56)48-32(18-24-16-26(44)20-27(45)17-24)41-49-31-19-25(38-23(3)46-14-15-47-38)10-11-28(31)42(57)55(41)34-13-12-30(43)36-39(34)53(4)51-40(36)52-60(5,58)59/h6-17,19-20,22,32H,18,21H2,1-5H3,(H,48,56)(H,51,52)/t32-/m0/s1. The number of hydrogen-bond donors (Lipinski definition) is 2. The summed E-state index contributed by atoms with van der Waals surface area (Å²) in [5.74, 6) is -2.26. The van der Waals surface area contributed by atoms with Crippen molar-refractivity contribution in [1.82, 2.24) is 44.4 Å². The number of benzene rings is 4. The molecule has 4 aromatic carbocycles. The topological polar surface area (TPSA) is 172 Å². The van der Waals surface area contributed by atoms with E-state index in [0.29, 0.717) is 17.0 Å². The van der Waals surface area contributed by atoms with Crippen molar-refractivity contribution in [3.05, 3.63) is 135 Å². The SMILES string of the molecule is Cc1nccnc1-c1ccc2c(=O)n(-c3ccc(Cl)c4c(NS(C)(=O)=O)nn(C)c34)c([C@H](Cc3cc(F)cc(F)c3)NC(=O)Cn3nc(C(C)C)c4ccccc43)nc2c1. The van der Waals surface area contributed by atoms with E-state index >= 15 is 4.79 Å². The van der Waals surface area contributed by atoms with E-state index in [4.69, 9.17) is 21.7 Å². The highest BCUT2D eigenvalue weighted by atomic mass is 35.5. The lowest BCUT2D eigenvalue weighted by molar-refractivity contribution is -0.122. The molecule has 2 N–H and O–H groups in total. The van der Waals surface area contributed by atoms with Crippen molar-refractivity contribution in [2.24, 2.45) is 7.05 Å². The molecule has 0 aliphatic rings. The molecule has 0 saturated carbocycles. The van der Waals surface area contributed by atoms with Gasteiger partial charge in [-0.1, -0.05) is 49.7 Å². The smallest absolute Gasteiger partial charge is 0.266 e. The second kappa shape index (κ2) is 15.5. The second-order valence-corrected chi connectivity index (χ2v) is 16.9. The van der Waals surface area contributed by atoms with E-state index in [1.54, 1.807) is 55.3 Å². The van der Waals surface area contributed by atoms with Gasteiger partial charge in [-0.25, -0.2) is 22.2 Å². The van der Waals surface area contributed by atoms with Gasteiger partial charge in [-0.05, 0) is 60.9 Å². The molecule has 14 nitrogen and oxygen atoms in total. The zero-order valence-electron chi connectivity index (χ0n) is 32.9. The first-order valence-electron chi connectivity index (χ1n) is 18.7. The van der Waals surface area contributed by atoms with Gasteiger partial charge >= 0.3 is 0 Å². The maximum atomic E-state index is 15.1. The van der Waals surface area contributed by atoms with Crippen LogP contribution in [0, 0.1) is 18.6 Å². The Labute approximate surface area is 346 Å². The number of nitrogens with one attached hydrogen (secondary N) is 2. The van der Waals surface area contributed by atoms with Gasteiger partial charge in [-0.3, -0.25) is 38.2 Å². The normalized spacial score (nSPS) is 12.5. The minimum atomic E-state index is -3.83. The maximum Gasteiger partial charge on any atom is 0.266 e. The molecule has 8 aromatic rings. The maximum absolute atomic E-state index is 15.1. The van der Waals surface area contributed by atoms with Gasteiger partial charge in [-0.15, -0.1) is 0 Å². The lowest BCUT2D eigenvalue weighted by Gasteiger charge is -2.24. The number of aromatic nitrogens is 8. The first-order chi connectivity index (χ1) is 28.6. The van der Waals surface area contributed by atoms with E-state index in [1.165, 1.54) is 15.3 Å². The third kappa shape index (κ3) is 7.68. The number of halogens is 3. The molecule has 0 aliphatic heterocycles. The fourth-order valence-corrected chi connectivity index (χ4v) is 8.28. The predicted octanol–water partition coefficient (Wildman–Crippen LogP) is 6.91.